The smallest absolute Gasteiger partial charge is 0.282 e. The average molecular weight is 392 g/mol. The molecule has 0 aromatic carbocycles. The van der Waals surface area contributed by atoms with Gasteiger partial charge in [0.25, 0.3) is 10.2 Å². The fraction of sp³-hybridized carbons (Fsp3) is 0.706. The van der Waals surface area contributed by atoms with Gasteiger partial charge in [-0.2, -0.15) is 26.6 Å². The van der Waals surface area contributed by atoms with Gasteiger partial charge in [0.05, 0.1) is 18.9 Å². The summed E-state index contributed by atoms with van der Waals surface area (Å²) < 4.78 is 35.9. The van der Waals surface area contributed by atoms with Crippen LogP contribution in [-0.4, -0.2) is 76.2 Å². The third kappa shape index (κ3) is 3.04. The van der Waals surface area contributed by atoms with Gasteiger partial charge in [0, 0.05) is 32.1 Å². The number of rotatable bonds is 3. The van der Waals surface area contributed by atoms with E-state index < -0.39 is 10.2 Å². The van der Waals surface area contributed by atoms with Gasteiger partial charge in [-0.15, -0.1) is 10.2 Å². The first-order chi connectivity index (χ1) is 13.1. The van der Waals surface area contributed by atoms with E-state index in [9.17, 15) is 8.42 Å². The second-order valence-electron chi connectivity index (χ2n) is 7.49. The minimum atomic E-state index is -3.40. The highest BCUT2D eigenvalue weighted by Gasteiger charge is 2.35. The van der Waals surface area contributed by atoms with Crippen molar-refractivity contribution in [3.63, 3.8) is 0 Å². The van der Waals surface area contributed by atoms with Crippen LogP contribution in [0.3, 0.4) is 0 Å². The first-order valence-electron chi connectivity index (χ1n) is 9.70. The van der Waals surface area contributed by atoms with Crippen molar-refractivity contribution >= 4 is 15.9 Å². The second kappa shape index (κ2) is 6.77. The van der Waals surface area contributed by atoms with Crippen molar-refractivity contribution < 1.29 is 13.2 Å². The summed E-state index contributed by atoms with van der Waals surface area (Å²) >= 11 is 0. The zero-order chi connectivity index (χ0) is 18.4. The van der Waals surface area contributed by atoms with Crippen molar-refractivity contribution in [2.75, 3.05) is 39.4 Å². The minimum Gasteiger partial charge on any atom is -0.379 e. The van der Waals surface area contributed by atoms with Crippen LogP contribution in [0.25, 0.3) is 5.65 Å². The van der Waals surface area contributed by atoms with E-state index in [1.54, 1.807) is 4.31 Å². The number of aryl methyl sites for hydroxylation is 2. The number of nitrogens with zero attached hydrogens (tertiary/aromatic N) is 6. The van der Waals surface area contributed by atoms with Crippen LogP contribution in [0.1, 0.15) is 42.3 Å². The summed E-state index contributed by atoms with van der Waals surface area (Å²) in [6, 6.07) is 2.10. The molecule has 0 bridgehead atoms. The third-order valence-electron chi connectivity index (χ3n) is 5.89. The van der Waals surface area contributed by atoms with Crippen LogP contribution in [0, 0.1) is 0 Å². The van der Waals surface area contributed by atoms with Crippen molar-refractivity contribution in [2.24, 2.45) is 0 Å². The van der Waals surface area contributed by atoms with E-state index in [0.717, 1.165) is 49.3 Å². The van der Waals surface area contributed by atoms with Gasteiger partial charge in [0.15, 0.2) is 11.5 Å². The van der Waals surface area contributed by atoms with Crippen LogP contribution in [0.2, 0.25) is 0 Å². The van der Waals surface area contributed by atoms with E-state index in [-0.39, 0.29) is 5.92 Å². The lowest BCUT2D eigenvalue weighted by Gasteiger charge is -2.35. The maximum atomic E-state index is 12.8. The zero-order valence-corrected chi connectivity index (χ0v) is 16.1. The first kappa shape index (κ1) is 17.5. The molecule has 0 atom stereocenters. The molecule has 5 rings (SSSR count). The van der Waals surface area contributed by atoms with Gasteiger partial charge >= 0.3 is 0 Å². The van der Waals surface area contributed by atoms with Crippen molar-refractivity contribution in [3.8, 4) is 0 Å². The Kier molecular flexibility index (Phi) is 4.38. The number of morpholine rings is 1. The number of piperidine rings is 1. The van der Waals surface area contributed by atoms with Crippen molar-refractivity contribution in [2.45, 2.75) is 38.0 Å². The Morgan fingerprint density at radius 1 is 1.00 bits per heavy atom. The lowest BCUT2D eigenvalue weighted by molar-refractivity contribution is 0.0696. The van der Waals surface area contributed by atoms with E-state index in [1.165, 1.54) is 9.87 Å². The van der Waals surface area contributed by atoms with Crippen LogP contribution in [-0.2, 0) is 27.8 Å². The van der Waals surface area contributed by atoms with E-state index in [4.69, 9.17) is 9.84 Å². The predicted molar refractivity (Wildman–Crippen MR) is 97.7 cm³/mol. The zero-order valence-electron chi connectivity index (χ0n) is 15.2. The lowest BCUT2D eigenvalue weighted by Crippen LogP contribution is -2.50. The number of fused-ring (bicyclic) bond motifs is 2. The second-order valence-corrected chi connectivity index (χ2v) is 9.42. The molecular weight excluding hydrogens is 368 g/mol. The number of hydrogen-bond acceptors (Lipinski definition) is 6. The Labute approximate surface area is 158 Å². The molecule has 0 spiro atoms. The largest absolute Gasteiger partial charge is 0.379 e. The SMILES string of the molecule is O=S(=O)(N1CCOCC1)N1CCC(c2nnc3cc4c(nn23)CCC4)CC1. The monoisotopic (exact) mass is 392 g/mol. The molecule has 3 aliphatic rings. The van der Waals surface area contributed by atoms with Crippen molar-refractivity contribution in [3.05, 3.63) is 23.1 Å². The van der Waals surface area contributed by atoms with Gasteiger partial charge in [0.2, 0.25) is 0 Å². The minimum absolute atomic E-state index is 0.183. The maximum absolute atomic E-state index is 12.8. The van der Waals surface area contributed by atoms with Gasteiger partial charge in [-0.3, -0.25) is 0 Å². The molecule has 0 saturated carbocycles. The van der Waals surface area contributed by atoms with Gasteiger partial charge in [0.1, 0.15) is 0 Å². The normalized spacial score (nSPS) is 23.1. The molecule has 146 valence electrons. The topological polar surface area (TPSA) is 92.9 Å². The van der Waals surface area contributed by atoms with Crippen LogP contribution >= 0.6 is 0 Å². The fourth-order valence-corrected chi connectivity index (χ4v) is 5.94. The van der Waals surface area contributed by atoms with Crippen LogP contribution in [0.15, 0.2) is 6.07 Å². The van der Waals surface area contributed by atoms with Crippen molar-refractivity contribution in [1.29, 1.82) is 0 Å². The summed E-state index contributed by atoms with van der Waals surface area (Å²) in [7, 11) is -3.40. The molecule has 2 aliphatic heterocycles. The molecule has 4 heterocycles. The Morgan fingerprint density at radius 2 is 1.74 bits per heavy atom. The predicted octanol–water partition coefficient (Wildman–Crippen LogP) is 0.369. The molecule has 10 heteroatoms. The van der Waals surface area contributed by atoms with Gasteiger partial charge < -0.3 is 4.74 Å². The standard InChI is InChI=1S/C17H24N6O3S/c24-27(25,22-8-10-26-11-9-22)21-6-4-13(5-7-21)17-19-18-16-12-14-2-1-3-15(14)20-23(16)17/h12-13H,1-11H2. The van der Waals surface area contributed by atoms with E-state index in [2.05, 4.69) is 16.3 Å². The maximum Gasteiger partial charge on any atom is 0.282 e. The molecule has 0 N–H and O–H groups in total. The van der Waals surface area contributed by atoms with Crippen LogP contribution in [0.5, 0.6) is 0 Å². The summed E-state index contributed by atoms with van der Waals surface area (Å²) in [6.07, 6.45) is 4.71. The molecule has 0 radical (unpaired) electrons. The highest BCUT2D eigenvalue weighted by molar-refractivity contribution is 7.86. The quantitative estimate of drug-likeness (QED) is 0.749. The first-order valence-corrected chi connectivity index (χ1v) is 11.1. The Bertz CT molecular complexity index is 945. The number of hydrogen-bond donors (Lipinski definition) is 0. The number of aromatic nitrogens is 4. The van der Waals surface area contributed by atoms with E-state index >= 15 is 0 Å². The fourth-order valence-electron chi connectivity index (χ4n) is 4.33. The summed E-state index contributed by atoms with van der Waals surface area (Å²) in [4.78, 5) is 0. The molecule has 2 aromatic rings. The molecule has 2 saturated heterocycles. The van der Waals surface area contributed by atoms with Crippen LogP contribution in [0.4, 0.5) is 0 Å². The molecule has 1 aliphatic carbocycles. The number of ether oxygens (including phenoxy) is 1. The molecule has 27 heavy (non-hydrogen) atoms. The highest BCUT2D eigenvalue weighted by Crippen LogP contribution is 2.30. The summed E-state index contributed by atoms with van der Waals surface area (Å²) in [5.41, 5.74) is 3.23. The summed E-state index contributed by atoms with van der Waals surface area (Å²) in [5.74, 6) is 1.05. The Morgan fingerprint density at radius 3 is 2.52 bits per heavy atom. The third-order valence-corrected chi connectivity index (χ3v) is 7.92. The molecule has 2 fully saturated rings. The molecule has 9 nitrogen and oxygen atoms in total. The highest BCUT2D eigenvalue weighted by atomic mass is 32.2. The van der Waals surface area contributed by atoms with Gasteiger partial charge in [-0.05, 0) is 43.7 Å². The average Bonchev–Trinajstić information content (AvgIpc) is 3.33. The van der Waals surface area contributed by atoms with Gasteiger partial charge in [-0.1, -0.05) is 0 Å². The van der Waals surface area contributed by atoms with Crippen molar-refractivity contribution in [1.82, 2.24) is 28.4 Å². The molecule has 0 amide bonds. The summed E-state index contributed by atoms with van der Waals surface area (Å²) in [5, 5.41) is 13.5. The lowest BCUT2D eigenvalue weighted by atomic mass is 9.97. The van der Waals surface area contributed by atoms with E-state index in [0.29, 0.717) is 39.4 Å². The molecule has 0 unspecified atom stereocenters. The summed E-state index contributed by atoms with van der Waals surface area (Å²) in [6.45, 7) is 2.82. The Hall–Kier alpha value is -1.62. The molecule has 2 aromatic heterocycles. The van der Waals surface area contributed by atoms with E-state index in [1.807, 2.05) is 4.52 Å². The van der Waals surface area contributed by atoms with Gasteiger partial charge in [-0.25, -0.2) is 0 Å². The molecular formula is C17H24N6O3S. The van der Waals surface area contributed by atoms with Crippen LogP contribution < -0.4 is 0 Å². The Balaban J connectivity index is 1.33.